The summed E-state index contributed by atoms with van der Waals surface area (Å²) in [5, 5.41) is 2.85. The van der Waals surface area contributed by atoms with Crippen LogP contribution < -0.4 is 5.32 Å². The number of carbonyl (C=O) groups excluding carboxylic acids is 1. The van der Waals surface area contributed by atoms with Gasteiger partial charge in [-0.3, -0.25) is 4.98 Å². The van der Waals surface area contributed by atoms with Crippen LogP contribution in [0.1, 0.15) is 25.3 Å². The van der Waals surface area contributed by atoms with E-state index in [-0.39, 0.29) is 6.03 Å². The van der Waals surface area contributed by atoms with Crippen LogP contribution in [0.25, 0.3) is 0 Å². The van der Waals surface area contributed by atoms with Crippen molar-refractivity contribution in [3.63, 3.8) is 0 Å². The van der Waals surface area contributed by atoms with Gasteiger partial charge in [0.15, 0.2) is 0 Å². The average Bonchev–Trinajstić information content (AvgIpc) is 3.11. The topological polar surface area (TPSA) is 45.2 Å². The van der Waals surface area contributed by atoms with Gasteiger partial charge in [0.25, 0.3) is 0 Å². The van der Waals surface area contributed by atoms with Crippen molar-refractivity contribution in [2.24, 2.45) is 0 Å². The molecule has 2 amide bonds. The van der Waals surface area contributed by atoms with E-state index < -0.39 is 0 Å². The molecule has 1 aliphatic rings. The maximum absolute atomic E-state index is 11.8. The fourth-order valence-electron chi connectivity index (χ4n) is 1.69. The summed E-state index contributed by atoms with van der Waals surface area (Å²) in [4.78, 5) is 17.8. The number of hydrogen-bond donors (Lipinski definition) is 1. The third-order valence-corrected chi connectivity index (χ3v) is 2.65. The Morgan fingerprint density at radius 1 is 1.62 bits per heavy atom. The highest BCUT2D eigenvalue weighted by atomic mass is 16.2. The van der Waals surface area contributed by atoms with Crippen molar-refractivity contribution in [2.75, 3.05) is 6.54 Å². The number of aromatic nitrogens is 1. The highest BCUT2D eigenvalue weighted by molar-refractivity contribution is 5.74. The van der Waals surface area contributed by atoms with Gasteiger partial charge in [0, 0.05) is 31.5 Å². The Labute approximate surface area is 95.7 Å². The van der Waals surface area contributed by atoms with Gasteiger partial charge in [0.1, 0.15) is 0 Å². The second-order valence-corrected chi connectivity index (χ2v) is 4.06. The van der Waals surface area contributed by atoms with Crippen molar-refractivity contribution in [1.29, 1.82) is 0 Å². The molecule has 0 saturated heterocycles. The van der Waals surface area contributed by atoms with Crippen LogP contribution in [0.5, 0.6) is 0 Å². The standard InChI is InChI=1S/C12H17N3O/c1-2-14-12(16)15(11-5-6-11)9-10-4-3-7-13-8-10/h3-4,7-8,11H,2,5-6,9H2,1H3,(H,14,16). The molecule has 4 heteroatoms. The van der Waals surface area contributed by atoms with E-state index in [9.17, 15) is 4.79 Å². The van der Waals surface area contributed by atoms with E-state index >= 15 is 0 Å². The van der Waals surface area contributed by atoms with Gasteiger partial charge in [0.2, 0.25) is 0 Å². The van der Waals surface area contributed by atoms with Gasteiger partial charge in [-0.2, -0.15) is 0 Å². The van der Waals surface area contributed by atoms with E-state index in [1.165, 1.54) is 0 Å². The lowest BCUT2D eigenvalue weighted by molar-refractivity contribution is 0.192. The molecule has 0 bridgehead atoms. The van der Waals surface area contributed by atoms with Crippen LogP contribution in [-0.4, -0.2) is 28.5 Å². The van der Waals surface area contributed by atoms with Crippen molar-refractivity contribution < 1.29 is 4.79 Å². The van der Waals surface area contributed by atoms with E-state index in [1.54, 1.807) is 6.20 Å². The summed E-state index contributed by atoms with van der Waals surface area (Å²) in [7, 11) is 0. The lowest BCUT2D eigenvalue weighted by Gasteiger charge is -2.22. The molecule has 1 fully saturated rings. The molecule has 0 spiro atoms. The lowest BCUT2D eigenvalue weighted by Crippen LogP contribution is -2.40. The highest BCUT2D eigenvalue weighted by Crippen LogP contribution is 2.28. The van der Waals surface area contributed by atoms with Crippen molar-refractivity contribution in [3.8, 4) is 0 Å². The molecule has 0 radical (unpaired) electrons. The second-order valence-electron chi connectivity index (χ2n) is 4.06. The summed E-state index contributed by atoms with van der Waals surface area (Å²) >= 11 is 0. The van der Waals surface area contributed by atoms with Crippen LogP contribution in [-0.2, 0) is 6.54 Å². The predicted octanol–water partition coefficient (Wildman–Crippen LogP) is 1.78. The van der Waals surface area contributed by atoms with Gasteiger partial charge in [-0.1, -0.05) is 6.07 Å². The quantitative estimate of drug-likeness (QED) is 0.839. The van der Waals surface area contributed by atoms with E-state index in [4.69, 9.17) is 0 Å². The Morgan fingerprint density at radius 3 is 3.00 bits per heavy atom. The largest absolute Gasteiger partial charge is 0.338 e. The van der Waals surface area contributed by atoms with Crippen LogP contribution in [0.2, 0.25) is 0 Å². The molecular weight excluding hydrogens is 202 g/mol. The number of urea groups is 1. The molecule has 0 unspecified atom stereocenters. The number of rotatable bonds is 4. The number of pyridine rings is 1. The number of carbonyl (C=O) groups is 1. The molecule has 0 atom stereocenters. The molecule has 1 aromatic rings. The summed E-state index contributed by atoms with van der Waals surface area (Å²) in [6.45, 7) is 3.27. The maximum atomic E-state index is 11.8. The Kier molecular flexibility index (Phi) is 3.39. The molecule has 0 aliphatic heterocycles. The summed E-state index contributed by atoms with van der Waals surface area (Å²) in [6, 6.07) is 4.36. The molecule has 1 saturated carbocycles. The van der Waals surface area contributed by atoms with Crippen LogP contribution in [0, 0.1) is 0 Å². The molecule has 4 nitrogen and oxygen atoms in total. The van der Waals surface area contributed by atoms with Crippen LogP contribution in [0.4, 0.5) is 4.79 Å². The molecule has 86 valence electrons. The number of nitrogens with one attached hydrogen (secondary N) is 1. The molecule has 2 rings (SSSR count). The Morgan fingerprint density at radius 2 is 2.44 bits per heavy atom. The summed E-state index contributed by atoms with van der Waals surface area (Å²) in [5.41, 5.74) is 1.08. The fraction of sp³-hybridized carbons (Fsp3) is 0.500. The van der Waals surface area contributed by atoms with Crippen molar-refractivity contribution in [3.05, 3.63) is 30.1 Å². The molecule has 16 heavy (non-hydrogen) atoms. The van der Waals surface area contributed by atoms with Crippen LogP contribution in [0.3, 0.4) is 0 Å². The van der Waals surface area contributed by atoms with Gasteiger partial charge >= 0.3 is 6.03 Å². The SMILES string of the molecule is CCNC(=O)N(Cc1cccnc1)C1CC1. The fourth-order valence-corrected chi connectivity index (χ4v) is 1.69. The van der Waals surface area contributed by atoms with Gasteiger partial charge in [-0.05, 0) is 31.4 Å². The van der Waals surface area contributed by atoms with Crippen LogP contribution >= 0.6 is 0 Å². The Balaban J connectivity index is 2.00. The second kappa shape index (κ2) is 4.96. The van der Waals surface area contributed by atoms with Crippen molar-refractivity contribution in [2.45, 2.75) is 32.4 Å². The summed E-state index contributed by atoms with van der Waals surface area (Å²) in [5.74, 6) is 0. The first-order chi connectivity index (χ1) is 7.81. The predicted molar refractivity (Wildman–Crippen MR) is 61.9 cm³/mol. The maximum Gasteiger partial charge on any atom is 0.317 e. The molecule has 1 aliphatic carbocycles. The lowest BCUT2D eigenvalue weighted by atomic mass is 10.2. The zero-order chi connectivity index (χ0) is 11.4. The average molecular weight is 219 g/mol. The number of hydrogen-bond acceptors (Lipinski definition) is 2. The molecular formula is C12H17N3O. The van der Waals surface area contributed by atoms with Crippen molar-refractivity contribution in [1.82, 2.24) is 15.2 Å². The van der Waals surface area contributed by atoms with Gasteiger partial charge in [-0.15, -0.1) is 0 Å². The Bertz CT molecular complexity index is 349. The number of nitrogens with zero attached hydrogens (tertiary/aromatic N) is 2. The first-order valence-electron chi connectivity index (χ1n) is 5.74. The van der Waals surface area contributed by atoms with E-state index in [2.05, 4.69) is 10.3 Å². The van der Waals surface area contributed by atoms with Crippen LogP contribution in [0.15, 0.2) is 24.5 Å². The first-order valence-corrected chi connectivity index (χ1v) is 5.74. The van der Waals surface area contributed by atoms with Gasteiger partial charge in [-0.25, -0.2) is 4.79 Å². The molecule has 0 aromatic carbocycles. The molecule has 1 N–H and O–H groups in total. The third kappa shape index (κ3) is 2.72. The smallest absolute Gasteiger partial charge is 0.317 e. The zero-order valence-corrected chi connectivity index (χ0v) is 9.52. The third-order valence-electron chi connectivity index (χ3n) is 2.65. The summed E-state index contributed by atoms with van der Waals surface area (Å²) < 4.78 is 0. The summed E-state index contributed by atoms with van der Waals surface area (Å²) in [6.07, 6.45) is 5.81. The minimum absolute atomic E-state index is 0.0360. The monoisotopic (exact) mass is 219 g/mol. The molecule has 1 aromatic heterocycles. The highest BCUT2D eigenvalue weighted by Gasteiger charge is 2.32. The normalized spacial score (nSPS) is 14.6. The van der Waals surface area contributed by atoms with E-state index in [0.717, 1.165) is 18.4 Å². The van der Waals surface area contributed by atoms with E-state index in [1.807, 2.05) is 30.2 Å². The minimum Gasteiger partial charge on any atom is -0.338 e. The van der Waals surface area contributed by atoms with Gasteiger partial charge in [0.05, 0.1) is 0 Å². The van der Waals surface area contributed by atoms with Crippen molar-refractivity contribution >= 4 is 6.03 Å². The molecule has 1 heterocycles. The Hall–Kier alpha value is -1.58. The number of amides is 2. The van der Waals surface area contributed by atoms with Gasteiger partial charge < -0.3 is 10.2 Å². The zero-order valence-electron chi connectivity index (χ0n) is 9.52. The van der Waals surface area contributed by atoms with E-state index in [0.29, 0.717) is 19.1 Å². The first kappa shape index (κ1) is 10.9. The minimum atomic E-state index is 0.0360.